The highest BCUT2D eigenvalue weighted by Gasteiger charge is 2.49. The molecular formula is C27H54O2. The number of rotatable bonds is 6. The van der Waals surface area contributed by atoms with Gasteiger partial charge in [-0.15, -0.1) is 0 Å². The first-order chi connectivity index (χ1) is 13.4. The highest BCUT2D eigenvalue weighted by atomic mass is 16.5. The van der Waals surface area contributed by atoms with Crippen molar-refractivity contribution in [1.82, 2.24) is 0 Å². The average Bonchev–Trinajstić information content (AvgIpc) is 3.08. The summed E-state index contributed by atoms with van der Waals surface area (Å²) in [6, 6.07) is 0. The summed E-state index contributed by atoms with van der Waals surface area (Å²) in [5, 5.41) is 0. The van der Waals surface area contributed by atoms with E-state index in [0.29, 0.717) is 22.7 Å². The number of hydrogen-bond donors (Lipinski definition) is 0. The minimum Gasteiger partial charge on any atom is -0.381 e. The minimum atomic E-state index is 0.395. The SMILES string of the molecule is CC(C)C1CCOCC1(C(C)C)C(C)C.CC(C)C1COCC1(C(C)C)C(C)C. The van der Waals surface area contributed by atoms with E-state index < -0.39 is 0 Å². The lowest BCUT2D eigenvalue weighted by molar-refractivity contribution is -0.120. The monoisotopic (exact) mass is 410 g/mol. The van der Waals surface area contributed by atoms with Gasteiger partial charge in [-0.25, -0.2) is 0 Å². The molecule has 2 unspecified atom stereocenters. The van der Waals surface area contributed by atoms with E-state index in [1.807, 2.05) is 0 Å². The van der Waals surface area contributed by atoms with Gasteiger partial charge in [0.1, 0.15) is 0 Å². The summed E-state index contributed by atoms with van der Waals surface area (Å²) in [6.07, 6.45) is 1.24. The molecule has 0 radical (unpaired) electrons. The van der Waals surface area contributed by atoms with Crippen molar-refractivity contribution in [1.29, 1.82) is 0 Å². The summed E-state index contributed by atoms with van der Waals surface area (Å²) in [5.74, 6) is 5.94. The molecule has 2 fully saturated rings. The molecule has 0 aliphatic carbocycles. The van der Waals surface area contributed by atoms with Gasteiger partial charge in [0.25, 0.3) is 0 Å². The van der Waals surface area contributed by atoms with Crippen LogP contribution in [-0.2, 0) is 9.47 Å². The van der Waals surface area contributed by atoms with E-state index in [0.717, 1.165) is 61.9 Å². The van der Waals surface area contributed by atoms with Crippen molar-refractivity contribution < 1.29 is 9.47 Å². The van der Waals surface area contributed by atoms with Crippen LogP contribution in [0, 0.1) is 58.2 Å². The summed E-state index contributed by atoms with van der Waals surface area (Å²) in [6.45, 7) is 32.1. The molecule has 2 nitrogen and oxygen atoms in total. The van der Waals surface area contributed by atoms with Crippen LogP contribution in [0.25, 0.3) is 0 Å². The molecule has 0 amide bonds. The Balaban J connectivity index is 0.000000291. The van der Waals surface area contributed by atoms with E-state index in [-0.39, 0.29) is 0 Å². The van der Waals surface area contributed by atoms with Crippen molar-refractivity contribution in [2.24, 2.45) is 58.2 Å². The summed E-state index contributed by atoms with van der Waals surface area (Å²) in [7, 11) is 0. The van der Waals surface area contributed by atoms with Gasteiger partial charge in [-0.2, -0.15) is 0 Å². The maximum absolute atomic E-state index is 5.79. The molecule has 0 N–H and O–H groups in total. The van der Waals surface area contributed by atoms with E-state index in [4.69, 9.17) is 9.47 Å². The molecule has 0 aromatic heterocycles. The van der Waals surface area contributed by atoms with Gasteiger partial charge in [-0.05, 0) is 53.8 Å². The fourth-order valence-electron chi connectivity index (χ4n) is 6.94. The van der Waals surface area contributed by atoms with Crippen molar-refractivity contribution in [2.45, 2.75) is 89.5 Å². The summed E-state index contributed by atoms with van der Waals surface area (Å²) < 4.78 is 11.5. The fraction of sp³-hybridized carbons (Fsp3) is 1.00. The summed E-state index contributed by atoms with van der Waals surface area (Å²) in [4.78, 5) is 0. The molecule has 29 heavy (non-hydrogen) atoms. The Bertz CT molecular complexity index is 445. The Morgan fingerprint density at radius 2 is 0.931 bits per heavy atom. The summed E-state index contributed by atoms with van der Waals surface area (Å²) in [5.41, 5.74) is 0.806. The second kappa shape index (κ2) is 11.0. The Morgan fingerprint density at radius 3 is 1.24 bits per heavy atom. The first-order valence-electron chi connectivity index (χ1n) is 12.5. The Morgan fingerprint density at radius 1 is 0.552 bits per heavy atom. The molecule has 2 atom stereocenters. The number of hydrogen-bond acceptors (Lipinski definition) is 2. The zero-order valence-corrected chi connectivity index (χ0v) is 22.0. The Hall–Kier alpha value is -0.0800. The topological polar surface area (TPSA) is 18.5 Å². The molecule has 0 aromatic rings. The quantitative estimate of drug-likeness (QED) is 0.449. The molecule has 2 heteroatoms. The molecule has 2 aliphatic rings. The Kier molecular flexibility index (Phi) is 10.2. The molecule has 2 saturated heterocycles. The maximum Gasteiger partial charge on any atom is 0.0531 e. The predicted molar refractivity (Wildman–Crippen MR) is 127 cm³/mol. The predicted octanol–water partition coefficient (Wildman–Crippen LogP) is 7.56. The highest BCUT2D eigenvalue weighted by Crippen LogP contribution is 2.50. The van der Waals surface area contributed by atoms with Gasteiger partial charge in [0.2, 0.25) is 0 Å². The average molecular weight is 411 g/mol. The third-order valence-electron chi connectivity index (χ3n) is 8.86. The third-order valence-corrected chi connectivity index (χ3v) is 8.86. The van der Waals surface area contributed by atoms with Crippen LogP contribution >= 0.6 is 0 Å². The molecule has 0 saturated carbocycles. The maximum atomic E-state index is 5.79. The van der Waals surface area contributed by atoms with E-state index in [1.165, 1.54) is 6.42 Å². The first-order valence-corrected chi connectivity index (χ1v) is 12.5. The molecule has 2 rings (SSSR count). The zero-order valence-electron chi connectivity index (χ0n) is 22.0. The van der Waals surface area contributed by atoms with Gasteiger partial charge < -0.3 is 9.47 Å². The van der Waals surface area contributed by atoms with E-state index in [1.54, 1.807) is 0 Å². The Labute approximate surface area is 183 Å². The van der Waals surface area contributed by atoms with Crippen LogP contribution < -0.4 is 0 Å². The molecular weight excluding hydrogens is 356 g/mol. The van der Waals surface area contributed by atoms with Crippen LogP contribution in [0.4, 0.5) is 0 Å². The largest absolute Gasteiger partial charge is 0.381 e. The van der Waals surface area contributed by atoms with Crippen LogP contribution in [0.2, 0.25) is 0 Å². The van der Waals surface area contributed by atoms with E-state index in [2.05, 4.69) is 83.1 Å². The molecule has 2 aliphatic heterocycles. The standard InChI is InChI=1S/C14H28O.C13H26O/c1-10(2)13-7-8-15-9-14(13,11(3)4)12(5)6;1-9(2)12-7-14-8-13(12,10(3)4)11(5)6/h10-13H,7-9H2,1-6H3;9-12H,7-8H2,1-6H3. The second-order valence-corrected chi connectivity index (χ2v) is 11.9. The smallest absolute Gasteiger partial charge is 0.0531 e. The first kappa shape index (κ1) is 27.0. The van der Waals surface area contributed by atoms with Gasteiger partial charge in [0, 0.05) is 17.4 Å². The van der Waals surface area contributed by atoms with Crippen LogP contribution in [0.15, 0.2) is 0 Å². The lowest BCUT2D eigenvalue weighted by atomic mass is 9.57. The lowest BCUT2D eigenvalue weighted by Gasteiger charge is -2.51. The third kappa shape index (κ3) is 5.40. The molecule has 174 valence electrons. The normalized spacial score (nSPS) is 26.7. The molecule has 0 aromatic carbocycles. The lowest BCUT2D eigenvalue weighted by Crippen LogP contribution is -2.49. The van der Waals surface area contributed by atoms with Crippen LogP contribution in [-0.4, -0.2) is 26.4 Å². The van der Waals surface area contributed by atoms with Gasteiger partial charge >= 0.3 is 0 Å². The van der Waals surface area contributed by atoms with Crippen molar-refractivity contribution in [3.05, 3.63) is 0 Å². The van der Waals surface area contributed by atoms with Crippen molar-refractivity contribution >= 4 is 0 Å². The second-order valence-electron chi connectivity index (χ2n) is 11.9. The van der Waals surface area contributed by atoms with Crippen molar-refractivity contribution in [2.75, 3.05) is 26.4 Å². The van der Waals surface area contributed by atoms with Crippen molar-refractivity contribution in [3.8, 4) is 0 Å². The molecule has 0 bridgehead atoms. The van der Waals surface area contributed by atoms with Crippen LogP contribution in [0.5, 0.6) is 0 Å². The minimum absolute atomic E-state index is 0.395. The van der Waals surface area contributed by atoms with E-state index in [9.17, 15) is 0 Å². The van der Waals surface area contributed by atoms with Crippen LogP contribution in [0.1, 0.15) is 89.5 Å². The fourth-order valence-corrected chi connectivity index (χ4v) is 6.94. The highest BCUT2D eigenvalue weighted by molar-refractivity contribution is 4.96. The van der Waals surface area contributed by atoms with Crippen LogP contribution in [0.3, 0.4) is 0 Å². The van der Waals surface area contributed by atoms with Crippen molar-refractivity contribution in [3.63, 3.8) is 0 Å². The van der Waals surface area contributed by atoms with E-state index >= 15 is 0 Å². The van der Waals surface area contributed by atoms with Gasteiger partial charge in [0.15, 0.2) is 0 Å². The molecule has 2 heterocycles. The van der Waals surface area contributed by atoms with Gasteiger partial charge in [-0.3, -0.25) is 0 Å². The molecule has 0 spiro atoms. The summed E-state index contributed by atoms with van der Waals surface area (Å²) >= 11 is 0. The zero-order chi connectivity index (χ0) is 22.6. The van der Waals surface area contributed by atoms with Gasteiger partial charge in [-0.1, -0.05) is 83.1 Å². The van der Waals surface area contributed by atoms with Gasteiger partial charge in [0.05, 0.1) is 19.8 Å². The number of ether oxygens (including phenoxy) is 2.